The molecule has 3 atom stereocenters. The van der Waals surface area contributed by atoms with Gasteiger partial charge in [-0.25, -0.2) is 9.78 Å². The van der Waals surface area contributed by atoms with E-state index in [9.17, 15) is 4.79 Å². The number of pyridine rings is 1. The number of hydrogen-bond donors (Lipinski definition) is 4. The van der Waals surface area contributed by atoms with Gasteiger partial charge in [0.2, 0.25) is 5.88 Å². The van der Waals surface area contributed by atoms with E-state index < -0.39 is 0 Å². The lowest BCUT2D eigenvalue weighted by Crippen LogP contribution is -2.54. The Kier molecular flexibility index (Phi) is 5.03. The van der Waals surface area contributed by atoms with Crippen LogP contribution in [0.2, 0.25) is 0 Å². The van der Waals surface area contributed by atoms with E-state index in [0.717, 1.165) is 25.1 Å². The van der Waals surface area contributed by atoms with E-state index in [1.54, 1.807) is 6.20 Å². The quantitative estimate of drug-likeness (QED) is 0.625. The number of carbonyl (C=O) groups excluding carboxylic acids is 1. The van der Waals surface area contributed by atoms with Gasteiger partial charge >= 0.3 is 6.03 Å². The molecule has 3 fully saturated rings. The van der Waals surface area contributed by atoms with Gasteiger partial charge in [0, 0.05) is 37.4 Å². The number of carbonyl (C=O) groups is 1. The van der Waals surface area contributed by atoms with Gasteiger partial charge in [0.05, 0.1) is 6.61 Å². The molecule has 1 aromatic heterocycles. The molecule has 2 aliphatic carbocycles. The Morgan fingerprint density at radius 2 is 2.24 bits per heavy atom. The molecule has 25 heavy (non-hydrogen) atoms. The molecule has 0 spiro atoms. The molecule has 7 nitrogen and oxygen atoms in total. The first kappa shape index (κ1) is 16.6. The fourth-order valence-corrected chi connectivity index (χ4v) is 3.73. The molecule has 3 unspecified atom stereocenters. The van der Waals surface area contributed by atoms with Gasteiger partial charge in [0.25, 0.3) is 0 Å². The molecular formula is C18H27N5O2. The number of rotatable bonds is 6. The number of urea groups is 1. The molecule has 0 bridgehead atoms. The fourth-order valence-electron chi connectivity index (χ4n) is 3.73. The number of hydrazine groups is 1. The minimum atomic E-state index is -0.114. The third kappa shape index (κ3) is 4.41. The molecule has 2 saturated carbocycles. The zero-order valence-electron chi connectivity index (χ0n) is 14.5. The van der Waals surface area contributed by atoms with E-state index in [2.05, 4.69) is 26.5 Å². The number of amides is 2. The van der Waals surface area contributed by atoms with Gasteiger partial charge in [-0.15, -0.1) is 0 Å². The van der Waals surface area contributed by atoms with Crippen LogP contribution in [0, 0.1) is 11.8 Å². The van der Waals surface area contributed by atoms with Crippen molar-refractivity contribution in [1.29, 1.82) is 0 Å². The minimum Gasteiger partial charge on any atom is -0.477 e. The molecule has 4 N–H and O–H groups in total. The second-order valence-corrected chi connectivity index (χ2v) is 7.43. The van der Waals surface area contributed by atoms with Gasteiger partial charge in [-0.3, -0.25) is 10.9 Å². The number of ether oxygens (including phenoxy) is 1. The minimum absolute atomic E-state index is 0.114. The highest BCUT2D eigenvalue weighted by Gasteiger charge is 2.37. The second kappa shape index (κ2) is 7.58. The van der Waals surface area contributed by atoms with Crippen molar-refractivity contribution in [2.45, 2.75) is 50.7 Å². The predicted molar refractivity (Wildman–Crippen MR) is 93.9 cm³/mol. The largest absolute Gasteiger partial charge is 0.477 e. The lowest BCUT2D eigenvalue weighted by molar-refractivity contribution is 0.217. The van der Waals surface area contributed by atoms with E-state index in [0.29, 0.717) is 30.3 Å². The van der Waals surface area contributed by atoms with E-state index in [4.69, 9.17) is 4.74 Å². The van der Waals surface area contributed by atoms with Crippen LogP contribution in [-0.4, -0.2) is 36.3 Å². The summed E-state index contributed by atoms with van der Waals surface area (Å²) in [7, 11) is 0. The summed E-state index contributed by atoms with van der Waals surface area (Å²) in [5.74, 6) is 1.96. The Morgan fingerprint density at radius 1 is 1.32 bits per heavy atom. The summed E-state index contributed by atoms with van der Waals surface area (Å²) in [6.45, 7) is 2.21. The maximum absolute atomic E-state index is 12.3. The van der Waals surface area contributed by atoms with Gasteiger partial charge in [-0.2, -0.15) is 0 Å². The summed E-state index contributed by atoms with van der Waals surface area (Å²) in [6, 6.07) is 4.22. The summed E-state index contributed by atoms with van der Waals surface area (Å²) in [6.07, 6.45) is 7.67. The molecule has 7 heteroatoms. The molecule has 0 radical (unpaired) electrons. The standard InChI is InChI=1S/C18H27N5O2/c24-18(22-15-3-1-2-14-10-21-23-17(14)15)20-9-13-6-7-19-16(8-13)25-11-12-4-5-12/h6-8,12,14-15,17,21,23H,1-5,9-11H2,(H2,20,22,24). The van der Waals surface area contributed by atoms with E-state index in [-0.39, 0.29) is 12.1 Å². The van der Waals surface area contributed by atoms with Gasteiger partial charge in [0.15, 0.2) is 0 Å². The zero-order valence-corrected chi connectivity index (χ0v) is 14.5. The van der Waals surface area contributed by atoms with E-state index >= 15 is 0 Å². The van der Waals surface area contributed by atoms with Crippen LogP contribution >= 0.6 is 0 Å². The van der Waals surface area contributed by atoms with Crippen molar-refractivity contribution in [3.05, 3.63) is 23.9 Å². The summed E-state index contributed by atoms with van der Waals surface area (Å²) in [5, 5.41) is 6.07. The van der Waals surface area contributed by atoms with E-state index in [1.165, 1.54) is 25.7 Å². The molecule has 0 aromatic carbocycles. The van der Waals surface area contributed by atoms with Gasteiger partial charge in [-0.05, 0) is 49.1 Å². The van der Waals surface area contributed by atoms with Crippen LogP contribution in [0.3, 0.4) is 0 Å². The molecule has 1 aliphatic heterocycles. The summed E-state index contributed by atoms with van der Waals surface area (Å²) in [5.41, 5.74) is 7.52. The topological polar surface area (TPSA) is 87.3 Å². The zero-order chi connectivity index (χ0) is 17.1. The SMILES string of the molecule is O=C(NCc1ccnc(OCC2CC2)c1)NC1CCCC2CNNC21. The molecule has 136 valence electrons. The summed E-state index contributed by atoms with van der Waals surface area (Å²) in [4.78, 5) is 16.5. The van der Waals surface area contributed by atoms with Crippen molar-refractivity contribution >= 4 is 6.03 Å². The highest BCUT2D eigenvalue weighted by atomic mass is 16.5. The van der Waals surface area contributed by atoms with Crippen LogP contribution in [0.5, 0.6) is 5.88 Å². The summed E-state index contributed by atoms with van der Waals surface area (Å²) < 4.78 is 5.69. The van der Waals surface area contributed by atoms with E-state index in [1.807, 2.05) is 12.1 Å². The van der Waals surface area contributed by atoms with Gasteiger partial charge in [-0.1, -0.05) is 6.42 Å². The van der Waals surface area contributed by atoms with Crippen molar-refractivity contribution in [3.63, 3.8) is 0 Å². The van der Waals surface area contributed by atoms with Crippen molar-refractivity contribution < 1.29 is 9.53 Å². The molecule has 2 amide bonds. The van der Waals surface area contributed by atoms with Crippen LogP contribution in [0.4, 0.5) is 4.79 Å². The van der Waals surface area contributed by atoms with Crippen LogP contribution < -0.4 is 26.2 Å². The predicted octanol–water partition coefficient (Wildman–Crippen LogP) is 1.31. The first-order valence-corrected chi connectivity index (χ1v) is 9.38. The van der Waals surface area contributed by atoms with Crippen LogP contribution in [0.15, 0.2) is 18.3 Å². The average Bonchev–Trinajstić information content (AvgIpc) is 3.33. The molecule has 2 heterocycles. The molecule has 1 saturated heterocycles. The number of nitrogens with one attached hydrogen (secondary N) is 4. The Bertz CT molecular complexity index is 607. The lowest BCUT2D eigenvalue weighted by Gasteiger charge is -2.33. The molecular weight excluding hydrogens is 318 g/mol. The van der Waals surface area contributed by atoms with Crippen LogP contribution in [0.25, 0.3) is 0 Å². The maximum atomic E-state index is 12.3. The van der Waals surface area contributed by atoms with Crippen molar-refractivity contribution in [2.24, 2.45) is 11.8 Å². The summed E-state index contributed by atoms with van der Waals surface area (Å²) >= 11 is 0. The first-order valence-electron chi connectivity index (χ1n) is 9.38. The molecule has 4 rings (SSSR count). The number of nitrogens with zero attached hydrogens (tertiary/aromatic N) is 1. The maximum Gasteiger partial charge on any atom is 0.315 e. The second-order valence-electron chi connectivity index (χ2n) is 7.43. The third-order valence-corrected chi connectivity index (χ3v) is 5.40. The average molecular weight is 345 g/mol. The van der Waals surface area contributed by atoms with Crippen LogP contribution in [0.1, 0.15) is 37.7 Å². The highest BCUT2D eigenvalue weighted by molar-refractivity contribution is 5.74. The number of hydrogen-bond acceptors (Lipinski definition) is 5. The molecule has 1 aromatic rings. The van der Waals surface area contributed by atoms with Gasteiger partial charge < -0.3 is 15.4 Å². The highest BCUT2D eigenvalue weighted by Crippen LogP contribution is 2.29. The van der Waals surface area contributed by atoms with Crippen molar-refractivity contribution in [2.75, 3.05) is 13.2 Å². The Hall–Kier alpha value is -1.86. The number of aromatic nitrogens is 1. The smallest absolute Gasteiger partial charge is 0.315 e. The Balaban J connectivity index is 1.24. The number of fused-ring (bicyclic) bond motifs is 1. The lowest BCUT2D eigenvalue weighted by atomic mass is 9.82. The first-order chi connectivity index (χ1) is 12.3. The monoisotopic (exact) mass is 345 g/mol. The van der Waals surface area contributed by atoms with Gasteiger partial charge in [0.1, 0.15) is 0 Å². The third-order valence-electron chi connectivity index (χ3n) is 5.40. The molecule has 3 aliphatic rings. The normalized spacial score (nSPS) is 28.2. The van der Waals surface area contributed by atoms with Crippen molar-refractivity contribution in [3.8, 4) is 5.88 Å². The fraction of sp³-hybridized carbons (Fsp3) is 0.667. The van der Waals surface area contributed by atoms with Crippen LogP contribution in [-0.2, 0) is 6.54 Å². The Labute approximate surface area is 148 Å². The van der Waals surface area contributed by atoms with Crippen molar-refractivity contribution in [1.82, 2.24) is 26.5 Å². The Morgan fingerprint density at radius 3 is 3.12 bits per heavy atom.